The summed E-state index contributed by atoms with van der Waals surface area (Å²) in [6.07, 6.45) is 2.09. The summed E-state index contributed by atoms with van der Waals surface area (Å²) in [5, 5.41) is 0. The van der Waals surface area contributed by atoms with Crippen molar-refractivity contribution in [2.75, 3.05) is 26.8 Å². The van der Waals surface area contributed by atoms with Gasteiger partial charge in [0.15, 0.2) is 0 Å². The molecule has 2 N–H and O–H groups in total. The minimum absolute atomic E-state index is 0.0454. The number of hydrogen-bond acceptors (Lipinski definition) is 3. The molecule has 0 saturated carbocycles. The molecule has 0 unspecified atom stereocenters. The Balaban J connectivity index is 2.46. The lowest BCUT2D eigenvalue weighted by molar-refractivity contribution is -0.134. The molecule has 0 aromatic heterocycles. The van der Waals surface area contributed by atoms with Gasteiger partial charge in [-0.05, 0) is 24.2 Å². The summed E-state index contributed by atoms with van der Waals surface area (Å²) in [5.41, 5.74) is 5.80. The van der Waals surface area contributed by atoms with Gasteiger partial charge in [0.25, 0.3) is 0 Å². The van der Waals surface area contributed by atoms with Gasteiger partial charge in [-0.1, -0.05) is 20.8 Å². The van der Waals surface area contributed by atoms with Crippen LogP contribution in [0, 0.1) is 11.3 Å². The number of hydrogen-bond donors (Lipinski definition) is 1. The van der Waals surface area contributed by atoms with Gasteiger partial charge < -0.3 is 15.4 Å². The van der Waals surface area contributed by atoms with Crippen LogP contribution >= 0.6 is 0 Å². The zero-order valence-electron chi connectivity index (χ0n) is 11.5. The largest absolute Gasteiger partial charge is 0.381 e. The molecule has 1 rings (SSSR count). The van der Waals surface area contributed by atoms with E-state index in [9.17, 15) is 4.79 Å². The lowest BCUT2D eigenvalue weighted by Gasteiger charge is -2.32. The van der Waals surface area contributed by atoms with E-state index in [0.29, 0.717) is 5.92 Å². The summed E-state index contributed by atoms with van der Waals surface area (Å²) >= 11 is 0. The highest BCUT2D eigenvalue weighted by molar-refractivity contribution is 5.82. The van der Waals surface area contributed by atoms with Crippen LogP contribution in [0.2, 0.25) is 0 Å². The Morgan fingerprint density at radius 3 is 2.41 bits per heavy atom. The van der Waals surface area contributed by atoms with Crippen LogP contribution in [0.1, 0.15) is 33.6 Å². The molecule has 0 radical (unpaired) electrons. The first kappa shape index (κ1) is 14.5. The fourth-order valence-corrected chi connectivity index (χ4v) is 2.01. The van der Waals surface area contributed by atoms with Crippen LogP contribution in [0.3, 0.4) is 0 Å². The van der Waals surface area contributed by atoms with Crippen molar-refractivity contribution >= 4 is 5.91 Å². The second-order valence-electron chi connectivity index (χ2n) is 6.12. The molecule has 1 saturated heterocycles. The Hall–Kier alpha value is -0.610. The summed E-state index contributed by atoms with van der Waals surface area (Å²) in [7, 11) is 1.85. The van der Waals surface area contributed by atoms with Crippen LogP contribution in [0.4, 0.5) is 0 Å². The van der Waals surface area contributed by atoms with Crippen molar-refractivity contribution in [2.45, 2.75) is 39.7 Å². The number of rotatable bonds is 3. The van der Waals surface area contributed by atoms with E-state index in [-0.39, 0.29) is 11.3 Å². The number of carbonyl (C=O) groups excluding carboxylic acids is 1. The molecule has 1 atom stereocenters. The van der Waals surface area contributed by atoms with Crippen molar-refractivity contribution in [1.29, 1.82) is 0 Å². The summed E-state index contributed by atoms with van der Waals surface area (Å²) in [4.78, 5) is 13.9. The number of nitrogens with two attached hydrogens (primary N) is 1. The smallest absolute Gasteiger partial charge is 0.239 e. The van der Waals surface area contributed by atoms with Gasteiger partial charge in [-0.15, -0.1) is 0 Å². The van der Waals surface area contributed by atoms with E-state index in [1.54, 1.807) is 4.90 Å². The Labute approximate surface area is 104 Å². The Morgan fingerprint density at radius 1 is 1.41 bits per heavy atom. The summed E-state index contributed by atoms with van der Waals surface area (Å²) < 4.78 is 5.32. The fraction of sp³-hybridized carbons (Fsp3) is 0.923. The predicted octanol–water partition coefficient (Wildman–Crippen LogP) is 1.24. The SMILES string of the molecule is CN(CC1CCOCC1)C(=O)[C@@H](N)C(C)(C)C. The minimum Gasteiger partial charge on any atom is -0.381 e. The molecule has 17 heavy (non-hydrogen) atoms. The number of nitrogens with zero attached hydrogens (tertiary/aromatic N) is 1. The standard InChI is InChI=1S/C13H26N2O2/c1-13(2,3)11(14)12(16)15(4)9-10-5-7-17-8-6-10/h10-11H,5-9,14H2,1-4H3/t11-/m1/s1. The molecule has 100 valence electrons. The molecule has 4 heteroatoms. The molecule has 0 bridgehead atoms. The van der Waals surface area contributed by atoms with Gasteiger partial charge in [0, 0.05) is 26.8 Å². The molecule has 0 aromatic carbocycles. The molecule has 1 amide bonds. The second kappa shape index (κ2) is 5.83. The zero-order chi connectivity index (χ0) is 13.1. The van der Waals surface area contributed by atoms with Crippen molar-refractivity contribution < 1.29 is 9.53 Å². The molecule has 0 aliphatic carbocycles. The lowest BCUT2D eigenvalue weighted by atomic mass is 9.86. The highest BCUT2D eigenvalue weighted by Gasteiger charge is 2.30. The van der Waals surface area contributed by atoms with Crippen molar-refractivity contribution in [3.63, 3.8) is 0 Å². The van der Waals surface area contributed by atoms with Crippen molar-refractivity contribution in [3.05, 3.63) is 0 Å². The monoisotopic (exact) mass is 242 g/mol. The maximum Gasteiger partial charge on any atom is 0.239 e. The average molecular weight is 242 g/mol. The van der Waals surface area contributed by atoms with Crippen molar-refractivity contribution in [2.24, 2.45) is 17.1 Å². The third-order valence-corrected chi connectivity index (χ3v) is 3.45. The van der Waals surface area contributed by atoms with E-state index >= 15 is 0 Å². The highest BCUT2D eigenvalue weighted by atomic mass is 16.5. The molecule has 0 aromatic rings. The average Bonchev–Trinajstić information content (AvgIpc) is 2.27. The molecule has 1 aliphatic rings. The van der Waals surface area contributed by atoms with Crippen LogP contribution in [0.25, 0.3) is 0 Å². The predicted molar refractivity (Wildman–Crippen MR) is 68.6 cm³/mol. The first-order chi connectivity index (χ1) is 7.82. The van der Waals surface area contributed by atoms with Crippen LogP contribution < -0.4 is 5.73 Å². The van der Waals surface area contributed by atoms with E-state index < -0.39 is 6.04 Å². The molecule has 0 spiro atoms. The van der Waals surface area contributed by atoms with Gasteiger partial charge >= 0.3 is 0 Å². The summed E-state index contributed by atoms with van der Waals surface area (Å²) in [6, 6.07) is -0.424. The van der Waals surface area contributed by atoms with E-state index in [0.717, 1.165) is 32.6 Å². The van der Waals surface area contributed by atoms with Gasteiger partial charge in [0.05, 0.1) is 6.04 Å². The normalized spacial score (nSPS) is 20.1. The van der Waals surface area contributed by atoms with Gasteiger partial charge in [0.1, 0.15) is 0 Å². The quantitative estimate of drug-likeness (QED) is 0.810. The molecular formula is C13H26N2O2. The number of carbonyl (C=O) groups is 1. The first-order valence-electron chi connectivity index (χ1n) is 6.40. The van der Waals surface area contributed by atoms with Gasteiger partial charge in [-0.3, -0.25) is 4.79 Å². The molecule has 1 fully saturated rings. The minimum atomic E-state index is -0.424. The third-order valence-electron chi connectivity index (χ3n) is 3.45. The van der Waals surface area contributed by atoms with E-state index in [4.69, 9.17) is 10.5 Å². The third kappa shape index (κ3) is 4.28. The second-order valence-corrected chi connectivity index (χ2v) is 6.12. The van der Waals surface area contributed by atoms with Crippen LogP contribution in [-0.2, 0) is 9.53 Å². The number of ether oxygens (including phenoxy) is 1. The molecular weight excluding hydrogens is 216 g/mol. The number of likely N-dealkylation sites (N-methyl/N-ethyl adjacent to an activating group) is 1. The topological polar surface area (TPSA) is 55.6 Å². The Bertz CT molecular complexity index is 255. The fourth-order valence-electron chi connectivity index (χ4n) is 2.01. The van der Waals surface area contributed by atoms with E-state index in [2.05, 4.69) is 0 Å². The van der Waals surface area contributed by atoms with Gasteiger partial charge in [-0.2, -0.15) is 0 Å². The number of amides is 1. The maximum atomic E-state index is 12.1. The van der Waals surface area contributed by atoms with E-state index in [1.807, 2.05) is 27.8 Å². The Kier molecular flexibility index (Phi) is 4.95. The molecule has 4 nitrogen and oxygen atoms in total. The van der Waals surface area contributed by atoms with Crippen molar-refractivity contribution in [1.82, 2.24) is 4.90 Å². The Morgan fingerprint density at radius 2 is 1.94 bits per heavy atom. The lowest BCUT2D eigenvalue weighted by Crippen LogP contribution is -2.50. The zero-order valence-corrected chi connectivity index (χ0v) is 11.5. The highest BCUT2D eigenvalue weighted by Crippen LogP contribution is 2.20. The first-order valence-corrected chi connectivity index (χ1v) is 6.40. The van der Waals surface area contributed by atoms with Crippen LogP contribution in [-0.4, -0.2) is 43.7 Å². The van der Waals surface area contributed by atoms with E-state index in [1.165, 1.54) is 0 Å². The van der Waals surface area contributed by atoms with Gasteiger partial charge in [-0.25, -0.2) is 0 Å². The molecule has 1 aliphatic heterocycles. The van der Waals surface area contributed by atoms with Crippen LogP contribution in [0.5, 0.6) is 0 Å². The van der Waals surface area contributed by atoms with Crippen molar-refractivity contribution in [3.8, 4) is 0 Å². The maximum absolute atomic E-state index is 12.1. The summed E-state index contributed by atoms with van der Waals surface area (Å²) in [6.45, 7) is 8.43. The molecule has 1 heterocycles. The van der Waals surface area contributed by atoms with Gasteiger partial charge in [0.2, 0.25) is 5.91 Å². The summed E-state index contributed by atoms with van der Waals surface area (Å²) in [5.74, 6) is 0.605. The van der Waals surface area contributed by atoms with Crippen LogP contribution in [0.15, 0.2) is 0 Å².